The predicted octanol–water partition coefficient (Wildman–Crippen LogP) is 1.76. The van der Waals surface area contributed by atoms with Crippen LogP contribution in [0.2, 0.25) is 0 Å². The Balaban J connectivity index is 1.96. The van der Waals surface area contributed by atoms with Gasteiger partial charge in [-0.05, 0) is 33.6 Å². The second-order valence-corrected chi connectivity index (χ2v) is 5.49. The summed E-state index contributed by atoms with van der Waals surface area (Å²) in [6, 6.07) is 0.00681. The molecule has 1 amide bonds. The molecule has 0 aliphatic carbocycles. The summed E-state index contributed by atoms with van der Waals surface area (Å²) in [5.74, 6) is 0. The smallest absolute Gasteiger partial charge is 0.410 e. The molecule has 0 spiro atoms. The lowest BCUT2D eigenvalue weighted by molar-refractivity contribution is -0.0906. The SMILES string of the molecule is CC(C)(C)OC(=O)N1CCCC1C1OCCO1. The molecule has 2 heterocycles. The molecule has 17 heavy (non-hydrogen) atoms. The number of ether oxygens (including phenoxy) is 3. The quantitative estimate of drug-likeness (QED) is 0.704. The molecule has 98 valence electrons. The molecule has 2 fully saturated rings. The van der Waals surface area contributed by atoms with Gasteiger partial charge in [0.25, 0.3) is 0 Å². The summed E-state index contributed by atoms with van der Waals surface area (Å²) in [6.45, 7) is 7.57. The van der Waals surface area contributed by atoms with Gasteiger partial charge in [0.1, 0.15) is 5.60 Å². The largest absolute Gasteiger partial charge is 0.444 e. The molecule has 1 atom stereocenters. The summed E-state index contributed by atoms with van der Waals surface area (Å²) in [6.07, 6.45) is 1.36. The molecule has 5 nitrogen and oxygen atoms in total. The molecular formula is C12H21NO4. The lowest BCUT2D eigenvalue weighted by atomic mass is 10.2. The van der Waals surface area contributed by atoms with Crippen LogP contribution >= 0.6 is 0 Å². The molecule has 2 aliphatic rings. The standard InChI is InChI=1S/C12H21NO4/c1-12(2,3)17-11(14)13-6-4-5-9(13)10-15-7-8-16-10/h9-10H,4-8H2,1-3H3. The van der Waals surface area contributed by atoms with Gasteiger partial charge in [-0.25, -0.2) is 4.79 Å². The summed E-state index contributed by atoms with van der Waals surface area (Å²) in [5, 5.41) is 0. The van der Waals surface area contributed by atoms with Gasteiger partial charge < -0.3 is 19.1 Å². The number of hydrogen-bond donors (Lipinski definition) is 0. The Morgan fingerprint density at radius 2 is 1.94 bits per heavy atom. The van der Waals surface area contributed by atoms with Gasteiger partial charge in [0, 0.05) is 6.54 Å². The highest BCUT2D eigenvalue weighted by Gasteiger charge is 2.39. The Bertz CT molecular complexity index is 281. The average Bonchev–Trinajstić information content (AvgIpc) is 2.85. The van der Waals surface area contributed by atoms with Gasteiger partial charge in [-0.15, -0.1) is 0 Å². The van der Waals surface area contributed by atoms with Gasteiger partial charge in [-0.3, -0.25) is 0 Å². The van der Waals surface area contributed by atoms with Crippen LogP contribution in [-0.4, -0.2) is 48.7 Å². The number of hydrogen-bond acceptors (Lipinski definition) is 4. The highest BCUT2D eigenvalue weighted by molar-refractivity contribution is 5.69. The van der Waals surface area contributed by atoms with E-state index >= 15 is 0 Å². The van der Waals surface area contributed by atoms with Gasteiger partial charge >= 0.3 is 6.09 Å². The third-order valence-corrected chi connectivity index (χ3v) is 2.89. The Hall–Kier alpha value is -0.810. The Morgan fingerprint density at radius 1 is 1.29 bits per heavy atom. The number of likely N-dealkylation sites (tertiary alicyclic amines) is 1. The fraction of sp³-hybridized carbons (Fsp3) is 0.917. The molecule has 0 bridgehead atoms. The summed E-state index contributed by atoms with van der Waals surface area (Å²) in [7, 11) is 0. The van der Waals surface area contributed by atoms with E-state index in [1.54, 1.807) is 4.90 Å². The molecule has 2 rings (SSSR count). The van der Waals surface area contributed by atoms with Crippen molar-refractivity contribution in [1.29, 1.82) is 0 Å². The maximum atomic E-state index is 12.0. The van der Waals surface area contributed by atoms with E-state index < -0.39 is 5.60 Å². The van der Waals surface area contributed by atoms with Gasteiger partial charge in [0.2, 0.25) is 0 Å². The van der Waals surface area contributed by atoms with E-state index in [9.17, 15) is 4.79 Å². The first-order valence-electron chi connectivity index (χ1n) is 6.20. The third kappa shape index (κ3) is 3.10. The molecule has 0 N–H and O–H groups in total. The molecule has 2 aliphatic heterocycles. The van der Waals surface area contributed by atoms with Crippen molar-refractivity contribution < 1.29 is 19.0 Å². The normalized spacial score (nSPS) is 26.5. The van der Waals surface area contributed by atoms with Crippen molar-refractivity contribution in [2.24, 2.45) is 0 Å². The number of carbonyl (C=O) groups is 1. The van der Waals surface area contributed by atoms with Crippen LogP contribution in [0, 0.1) is 0 Å². The maximum Gasteiger partial charge on any atom is 0.410 e. The van der Waals surface area contributed by atoms with Gasteiger partial charge in [-0.1, -0.05) is 0 Å². The first-order chi connectivity index (χ1) is 7.97. The summed E-state index contributed by atoms with van der Waals surface area (Å²) >= 11 is 0. The molecule has 0 radical (unpaired) electrons. The van der Waals surface area contributed by atoms with Crippen molar-refractivity contribution in [2.75, 3.05) is 19.8 Å². The Labute approximate surface area is 102 Å². The van der Waals surface area contributed by atoms with Gasteiger partial charge in [0.15, 0.2) is 6.29 Å². The van der Waals surface area contributed by atoms with Crippen LogP contribution in [-0.2, 0) is 14.2 Å². The Kier molecular flexibility index (Phi) is 3.58. The minimum atomic E-state index is -0.457. The topological polar surface area (TPSA) is 48.0 Å². The van der Waals surface area contributed by atoms with Gasteiger partial charge in [-0.2, -0.15) is 0 Å². The molecule has 0 aromatic rings. The molecule has 0 aromatic carbocycles. The van der Waals surface area contributed by atoms with Crippen molar-refractivity contribution >= 4 is 6.09 Å². The van der Waals surface area contributed by atoms with E-state index in [0.717, 1.165) is 19.4 Å². The van der Waals surface area contributed by atoms with Crippen LogP contribution < -0.4 is 0 Å². The highest BCUT2D eigenvalue weighted by Crippen LogP contribution is 2.26. The first-order valence-corrected chi connectivity index (χ1v) is 6.20. The van der Waals surface area contributed by atoms with Crippen LogP contribution in [0.3, 0.4) is 0 Å². The zero-order valence-corrected chi connectivity index (χ0v) is 10.8. The molecule has 5 heteroatoms. The van der Waals surface area contributed by atoms with Crippen LogP contribution in [0.4, 0.5) is 4.79 Å². The van der Waals surface area contributed by atoms with Crippen molar-refractivity contribution in [3.63, 3.8) is 0 Å². The van der Waals surface area contributed by atoms with Crippen LogP contribution in [0.15, 0.2) is 0 Å². The molecule has 0 aromatic heterocycles. The summed E-state index contributed by atoms with van der Waals surface area (Å²) in [5.41, 5.74) is -0.457. The van der Waals surface area contributed by atoms with E-state index in [1.807, 2.05) is 20.8 Å². The zero-order valence-electron chi connectivity index (χ0n) is 10.8. The monoisotopic (exact) mass is 243 g/mol. The van der Waals surface area contributed by atoms with Crippen LogP contribution in [0.1, 0.15) is 33.6 Å². The van der Waals surface area contributed by atoms with E-state index in [2.05, 4.69) is 0 Å². The summed E-state index contributed by atoms with van der Waals surface area (Å²) < 4.78 is 16.3. The number of nitrogens with zero attached hydrogens (tertiary/aromatic N) is 1. The van der Waals surface area contributed by atoms with Crippen molar-refractivity contribution in [1.82, 2.24) is 4.90 Å². The van der Waals surface area contributed by atoms with E-state index in [0.29, 0.717) is 13.2 Å². The molecule has 0 saturated carbocycles. The Morgan fingerprint density at radius 3 is 2.53 bits per heavy atom. The van der Waals surface area contributed by atoms with Gasteiger partial charge in [0.05, 0.1) is 19.3 Å². The molecule has 1 unspecified atom stereocenters. The molecule has 2 saturated heterocycles. The average molecular weight is 243 g/mol. The van der Waals surface area contributed by atoms with Crippen LogP contribution in [0.5, 0.6) is 0 Å². The van der Waals surface area contributed by atoms with E-state index in [-0.39, 0.29) is 18.4 Å². The minimum Gasteiger partial charge on any atom is -0.444 e. The minimum absolute atomic E-state index is 0.00681. The lowest BCUT2D eigenvalue weighted by Gasteiger charge is -2.30. The number of rotatable bonds is 1. The molecular weight excluding hydrogens is 222 g/mol. The van der Waals surface area contributed by atoms with Crippen molar-refractivity contribution in [3.8, 4) is 0 Å². The second-order valence-electron chi connectivity index (χ2n) is 5.49. The number of carbonyl (C=O) groups excluding carboxylic acids is 1. The van der Waals surface area contributed by atoms with E-state index in [4.69, 9.17) is 14.2 Å². The maximum absolute atomic E-state index is 12.0. The highest BCUT2D eigenvalue weighted by atomic mass is 16.7. The third-order valence-electron chi connectivity index (χ3n) is 2.89. The van der Waals surface area contributed by atoms with Crippen molar-refractivity contribution in [3.05, 3.63) is 0 Å². The predicted molar refractivity (Wildman–Crippen MR) is 61.7 cm³/mol. The van der Waals surface area contributed by atoms with Crippen molar-refractivity contribution in [2.45, 2.75) is 51.5 Å². The van der Waals surface area contributed by atoms with E-state index in [1.165, 1.54) is 0 Å². The number of amides is 1. The summed E-state index contributed by atoms with van der Waals surface area (Å²) in [4.78, 5) is 13.8. The second kappa shape index (κ2) is 4.82. The fourth-order valence-corrected chi connectivity index (χ4v) is 2.22. The first kappa shape index (κ1) is 12.6. The van der Waals surface area contributed by atoms with Crippen LogP contribution in [0.25, 0.3) is 0 Å². The zero-order chi connectivity index (χ0) is 12.5. The fourth-order valence-electron chi connectivity index (χ4n) is 2.22. The lowest BCUT2D eigenvalue weighted by Crippen LogP contribution is -2.45.